The van der Waals surface area contributed by atoms with E-state index < -0.39 is 0 Å². The maximum atomic E-state index is 12.3. The second-order valence-electron chi connectivity index (χ2n) is 6.46. The monoisotopic (exact) mass is 352 g/mol. The average molecular weight is 352 g/mol. The van der Waals surface area contributed by atoms with Crippen molar-refractivity contribution in [3.63, 3.8) is 0 Å². The van der Waals surface area contributed by atoms with Crippen molar-refractivity contribution in [2.75, 3.05) is 10.6 Å². The molecule has 2 amide bonds. The number of rotatable bonds is 3. The molecular formula is C19H24N6O. The second-order valence-corrected chi connectivity index (χ2v) is 6.46. The van der Waals surface area contributed by atoms with Gasteiger partial charge >= 0.3 is 6.03 Å². The van der Waals surface area contributed by atoms with Gasteiger partial charge in [-0.15, -0.1) is 0 Å². The number of aromatic nitrogens is 2. The van der Waals surface area contributed by atoms with Crippen LogP contribution in [0, 0.1) is 13.8 Å². The van der Waals surface area contributed by atoms with Crippen LogP contribution in [0.25, 0.3) is 0 Å². The molecule has 1 aromatic heterocycles. The molecule has 0 radical (unpaired) electrons. The summed E-state index contributed by atoms with van der Waals surface area (Å²) >= 11 is 0. The predicted molar refractivity (Wildman–Crippen MR) is 103 cm³/mol. The highest BCUT2D eigenvalue weighted by molar-refractivity contribution is 6.07. The first-order chi connectivity index (χ1) is 12.6. The molecule has 1 heterocycles. The van der Waals surface area contributed by atoms with Crippen LogP contribution in [-0.2, 0) is 0 Å². The third-order valence-corrected chi connectivity index (χ3v) is 4.11. The van der Waals surface area contributed by atoms with Gasteiger partial charge < -0.3 is 5.32 Å². The number of aryl methyl sites for hydroxylation is 2. The lowest BCUT2D eigenvalue weighted by atomic mass is 10.3. The lowest BCUT2D eigenvalue weighted by molar-refractivity contribution is 0.256. The van der Waals surface area contributed by atoms with Crippen molar-refractivity contribution >= 4 is 23.6 Å². The number of hydrogen-bond donors (Lipinski definition) is 3. The van der Waals surface area contributed by atoms with E-state index in [1.807, 2.05) is 50.2 Å². The number of guanidine groups is 1. The fraction of sp³-hybridized carbons (Fsp3) is 0.368. The van der Waals surface area contributed by atoms with Crippen LogP contribution in [-0.4, -0.2) is 28.0 Å². The quantitative estimate of drug-likeness (QED) is 0.581. The topological polar surface area (TPSA) is 91.3 Å². The summed E-state index contributed by atoms with van der Waals surface area (Å²) in [6.45, 7) is 3.81. The van der Waals surface area contributed by atoms with E-state index in [2.05, 4.69) is 30.9 Å². The SMILES string of the molecule is Cc1cc(C)nc(NC(=NC2CCCC2)NC(=O)Nc2ccccc2)n1. The Morgan fingerprint density at radius 2 is 1.69 bits per heavy atom. The number of carbonyl (C=O) groups is 1. The summed E-state index contributed by atoms with van der Waals surface area (Å²) in [6.07, 6.45) is 4.39. The van der Waals surface area contributed by atoms with Gasteiger partial charge in [-0.3, -0.25) is 10.6 Å². The van der Waals surface area contributed by atoms with Gasteiger partial charge in [0.15, 0.2) is 0 Å². The molecule has 26 heavy (non-hydrogen) atoms. The van der Waals surface area contributed by atoms with Crippen molar-refractivity contribution in [2.45, 2.75) is 45.6 Å². The summed E-state index contributed by atoms with van der Waals surface area (Å²) in [6, 6.07) is 11.0. The maximum absolute atomic E-state index is 12.3. The number of hydrogen-bond acceptors (Lipinski definition) is 4. The highest BCUT2D eigenvalue weighted by Crippen LogP contribution is 2.21. The minimum Gasteiger partial charge on any atom is -0.308 e. The molecule has 1 aromatic carbocycles. The van der Waals surface area contributed by atoms with Crippen LogP contribution in [0.5, 0.6) is 0 Å². The molecule has 1 aliphatic carbocycles. The largest absolute Gasteiger partial charge is 0.326 e. The van der Waals surface area contributed by atoms with Crippen LogP contribution in [0.15, 0.2) is 41.4 Å². The van der Waals surface area contributed by atoms with Crippen molar-refractivity contribution in [1.29, 1.82) is 0 Å². The van der Waals surface area contributed by atoms with Crippen LogP contribution >= 0.6 is 0 Å². The van der Waals surface area contributed by atoms with Gasteiger partial charge in [0.2, 0.25) is 11.9 Å². The Morgan fingerprint density at radius 1 is 1.04 bits per heavy atom. The Kier molecular flexibility index (Phi) is 5.78. The van der Waals surface area contributed by atoms with Gasteiger partial charge in [-0.1, -0.05) is 31.0 Å². The Labute approximate surface area is 153 Å². The molecule has 1 fully saturated rings. The van der Waals surface area contributed by atoms with E-state index in [0.717, 1.165) is 37.1 Å². The van der Waals surface area contributed by atoms with Gasteiger partial charge in [0.05, 0.1) is 6.04 Å². The van der Waals surface area contributed by atoms with Crippen LogP contribution in [0.1, 0.15) is 37.1 Å². The summed E-state index contributed by atoms with van der Waals surface area (Å²) in [5.41, 5.74) is 2.43. The first-order valence-electron chi connectivity index (χ1n) is 8.88. The molecule has 1 aliphatic rings. The third-order valence-electron chi connectivity index (χ3n) is 4.11. The fourth-order valence-corrected chi connectivity index (χ4v) is 2.99. The van der Waals surface area contributed by atoms with E-state index >= 15 is 0 Å². The Bertz CT molecular complexity index is 764. The fourth-order valence-electron chi connectivity index (χ4n) is 2.99. The van der Waals surface area contributed by atoms with Crippen LogP contribution < -0.4 is 16.0 Å². The number of nitrogens with one attached hydrogen (secondary N) is 3. The standard InChI is InChI=1S/C19H24N6O/c1-13-12-14(2)21-17(20-13)24-18(22-15-10-6-7-11-15)25-19(26)23-16-8-4-3-5-9-16/h3-5,8-9,12,15H,6-7,10-11H2,1-2H3,(H3,20,21,22,23,24,25,26). The molecule has 0 saturated heterocycles. The first-order valence-corrected chi connectivity index (χ1v) is 8.88. The Hall–Kier alpha value is -2.96. The summed E-state index contributed by atoms with van der Waals surface area (Å²) in [4.78, 5) is 25.7. The minimum absolute atomic E-state index is 0.209. The number of anilines is 2. The van der Waals surface area contributed by atoms with Crippen molar-refractivity contribution in [3.05, 3.63) is 47.8 Å². The summed E-state index contributed by atoms with van der Waals surface area (Å²) in [5.74, 6) is 0.801. The van der Waals surface area contributed by atoms with E-state index in [1.54, 1.807) is 0 Å². The van der Waals surface area contributed by atoms with E-state index in [-0.39, 0.29) is 12.1 Å². The zero-order valence-electron chi connectivity index (χ0n) is 15.1. The molecule has 7 nitrogen and oxygen atoms in total. The number of aliphatic imine (C=N–C) groups is 1. The summed E-state index contributed by atoms with van der Waals surface area (Å²) in [7, 11) is 0. The summed E-state index contributed by atoms with van der Waals surface area (Å²) in [5, 5.41) is 8.64. The number of nitrogens with zero attached hydrogens (tertiary/aromatic N) is 3. The smallest absolute Gasteiger partial charge is 0.308 e. The zero-order valence-corrected chi connectivity index (χ0v) is 15.1. The minimum atomic E-state index is -0.357. The molecule has 0 atom stereocenters. The van der Waals surface area contributed by atoms with Gasteiger partial charge in [0.1, 0.15) is 0 Å². The van der Waals surface area contributed by atoms with Crippen LogP contribution in [0.3, 0.4) is 0 Å². The van der Waals surface area contributed by atoms with E-state index in [9.17, 15) is 4.79 Å². The summed E-state index contributed by atoms with van der Waals surface area (Å²) < 4.78 is 0. The van der Waals surface area contributed by atoms with Gasteiger partial charge in [-0.25, -0.2) is 19.8 Å². The molecule has 0 aliphatic heterocycles. The zero-order chi connectivity index (χ0) is 18.4. The van der Waals surface area contributed by atoms with Gasteiger partial charge in [-0.05, 0) is 44.9 Å². The highest BCUT2D eigenvalue weighted by Gasteiger charge is 2.17. The highest BCUT2D eigenvalue weighted by atomic mass is 16.2. The van der Waals surface area contributed by atoms with E-state index in [4.69, 9.17) is 0 Å². The number of urea groups is 1. The molecule has 2 aromatic rings. The molecule has 3 rings (SSSR count). The average Bonchev–Trinajstić information content (AvgIpc) is 3.07. The second kappa shape index (κ2) is 8.42. The van der Waals surface area contributed by atoms with E-state index in [0.29, 0.717) is 17.6 Å². The number of benzene rings is 1. The molecule has 0 spiro atoms. The molecule has 136 valence electrons. The molecule has 3 N–H and O–H groups in total. The molecule has 7 heteroatoms. The number of amides is 2. The Balaban J connectivity index is 1.73. The Morgan fingerprint density at radius 3 is 2.35 bits per heavy atom. The van der Waals surface area contributed by atoms with Crippen molar-refractivity contribution in [3.8, 4) is 0 Å². The van der Waals surface area contributed by atoms with Crippen molar-refractivity contribution < 1.29 is 4.79 Å². The van der Waals surface area contributed by atoms with Crippen LogP contribution in [0.4, 0.5) is 16.4 Å². The van der Waals surface area contributed by atoms with Crippen LogP contribution in [0.2, 0.25) is 0 Å². The lowest BCUT2D eigenvalue weighted by Gasteiger charge is -2.14. The molecule has 0 unspecified atom stereocenters. The lowest BCUT2D eigenvalue weighted by Crippen LogP contribution is -2.40. The van der Waals surface area contributed by atoms with E-state index in [1.165, 1.54) is 0 Å². The third kappa shape index (κ3) is 5.27. The normalized spacial score (nSPS) is 14.9. The number of para-hydroxylation sites is 1. The first kappa shape index (κ1) is 17.8. The molecule has 0 bridgehead atoms. The van der Waals surface area contributed by atoms with Gasteiger partial charge in [0.25, 0.3) is 0 Å². The predicted octanol–water partition coefficient (Wildman–Crippen LogP) is 3.63. The number of carbonyl (C=O) groups excluding carboxylic acids is 1. The van der Waals surface area contributed by atoms with Gasteiger partial charge in [-0.2, -0.15) is 0 Å². The maximum Gasteiger partial charge on any atom is 0.326 e. The molecular weight excluding hydrogens is 328 g/mol. The van der Waals surface area contributed by atoms with Crippen molar-refractivity contribution in [2.24, 2.45) is 4.99 Å². The van der Waals surface area contributed by atoms with Crippen molar-refractivity contribution in [1.82, 2.24) is 15.3 Å². The van der Waals surface area contributed by atoms with Gasteiger partial charge in [0, 0.05) is 17.1 Å². The molecule has 1 saturated carbocycles.